The van der Waals surface area contributed by atoms with Crippen molar-refractivity contribution in [1.29, 1.82) is 0 Å². The number of hydrogen-bond acceptors (Lipinski definition) is 4. The fourth-order valence-corrected chi connectivity index (χ4v) is 2.59. The Morgan fingerprint density at radius 1 is 1.04 bits per heavy atom. The van der Waals surface area contributed by atoms with Gasteiger partial charge in [0.2, 0.25) is 5.91 Å². The summed E-state index contributed by atoms with van der Waals surface area (Å²) in [6, 6.07) is 9.06. The van der Waals surface area contributed by atoms with Crippen LogP contribution in [-0.2, 0) is 25.7 Å². The monoisotopic (exact) mass is 349 g/mol. The number of rotatable bonds is 13. The highest BCUT2D eigenvalue weighted by Gasteiger charge is 2.20. The molecule has 5 heteroatoms. The first-order valence-electron chi connectivity index (χ1n) is 9.16. The molecule has 0 saturated carbocycles. The van der Waals surface area contributed by atoms with Crippen molar-refractivity contribution in [3.63, 3.8) is 0 Å². The Balaban J connectivity index is 2.28. The Kier molecular flexibility index (Phi) is 11.4. The molecule has 0 bridgehead atoms. The highest BCUT2D eigenvalue weighted by Crippen LogP contribution is 2.09. The molecular weight excluding hydrogens is 318 g/mol. The molecular formula is C20H31NO4. The lowest BCUT2D eigenvalue weighted by atomic mass is 10.1. The normalized spacial score (nSPS) is 11.8. The highest BCUT2D eigenvalue weighted by atomic mass is 16.5. The number of unbranched alkanes of at least 4 members (excludes halogenated alkanes) is 5. The summed E-state index contributed by atoms with van der Waals surface area (Å²) in [5.41, 5.74) is 1.01. The summed E-state index contributed by atoms with van der Waals surface area (Å²) in [5.74, 6) is -0.692. The van der Waals surface area contributed by atoms with Crippen molar-refractivity contribution in [3.8, 4) is 0 Å². The second-order valence-corrected chi connectivity index (χ2v) is 6.18. The van der Waals surface area contributed by atoms with E-state index in [-0.39, 0.29) is 12.5 Å². The SMILES string of the molecule is CCCCCCCC[C@@H](NC(=O)COCc1ccccc1)C(=O)OC. The number of nitrogens with one attached hydrogen (secondary N) is 1. The summed E-state index contributed by atoms with van der Waals surface area (Å²) >= 11 is 0. The summed E-state index contributed by atoms with van der Waals surface area (Å²) in [4.78, 5) is 23.8. The summed E-state index contributed by atoms with van der Waals surface area (Å²) in [7, 11) is 1.34. The van der Waals surface area contributed by atoms with Crippen LogP contribution in [-0.4, -0.2) is 31.6 Å². The molecule has 1 aromatic carbocycles. The van der Waals surface area contributed by atoms with Crippen molar-refractivity contribution in [2.45, 2.75) is 64.5 Å². The Hall–Kier alpha value is -1.88. The van der Waals surface area contributed by atoms with Crippen LogP contribution in [0.5, 0.6) is 0 Å². The van der Waals surface area contributed by atoms with Gasteiger partial charge in [-0.05, 0) is 12.0 Å². The largest absolute Gasteiger partial charge is 0.467 e. The van der Waals surface area contributed by atoms with Crippen LogP contribution in [0.4, 0.5) is 0 Å². The van der Waals surface area contributed by atoms with Gasteiger partial charge >= 0.3 is 5.97 Å². The maximum Gasteiger partial charge on any atom is 0.328 e. The van der Waals surface area contributed by atoms with E-state index in [0.29, 0.717) is 13.0 Å². The van der Waals surface area contributed by atoms with Crippen molar-refractivity contribution >= 4 is 11.9 Å². The molecule has 0 unspecified atom stereocenters. The van der Waals surface area contributed by atoms with E-state index in [0.717, 1.165) is 24.8 Å². The van der Waals surface area contributed by atoms with E-state index in [2.05, 4.69) is 12.2 Å². The first-order valence-corrected chi connectivity index (χ1v) is 9.16. The van der Waals surface area contributed by atoms with Crippen LogP contribution in [0.2, 0.25) is 0 Å². The van der Waals surface area contributed by atoms with E-state index in [9.17, 15) is 9.59 Å². The van der Waals surface area contributed by atoms with E-state index >= 15 is 0 Å². The van der Waals surface area contributed by atoms with Crippen molar-refractivity contribution in [1.82, 2.24) is 5.32 Å². The van der Waals surface area contributed by atoms with Crippen LogP contribution in [0.3, 0.4) is 0 Å². The van der Waals surface area contributed by atoms with Gasteiger partial charge in [-0.3, -0.25) is 4.79 Å². The number of methoxy groups -OCH3 is 1. The highest BCUT2D eigenvalue weighted by molar-refractivity contribution is 5.84. The van der Waals surface area contributed by atoms with E-state index in [1.165, 1.54) is 26.4 Å². The Morgan fingerprint density at radius 3 is 2.40 bits per heavy atom. The number of hydrogen-bond donors (Lipinski definition) is 1. The zero-order valence-corrected chi connectivity index (χ0v) is 15.5. The van der Waals surface area contributed by atoms with E-state index in [1.807, 2.05) is 30.3 Å². The van der Waals surface area contributed by atoms with Crippen molar-refractivity contribution < 1.29 is 19.1 Å². The topological polar surface area (TPSA) is 64.6 Å². The molecule has 5 nitrogen and oxygen atoms in total. The third kappa shape index (κ3) is 9.87. The third-order valence-corrected chi connectivity index (χ3v) is 4.01. The molecule has 140 valence electrons. The summed E-state index contributed by atoms with van der Waals surface area (Å²) in [5, 5.41) is 2.72. The van der Waals surface area contributed by atoms with Crippen LogP contribution in [0.1, 0.15) is 57.4 Å². The zero-order valence-electron chi connectivity index (χ0n) is 15.5. The lowest BCUT2D eigenvalue weighted by molar-refractivity contribution is -0.146. The van der Waals surface area contributed by atoms with Gasteiger partial charge in [-0.2, -0.15) is 0 Å². The Labute approximate surface area is 151 Å². The van der Waals surface area contributed by atoms with Gasteiger partial charge in [0.15, 0.2) is 0 Å². The number of carbonyl (C=O) groups is 2. The second-order valence-electron chi connectivity index (χ2n) is 6.18. The summed E-state index contributed by atoms with van der Waals surface area (Å²) < 4.78 is 10.2. The first-order chi connectivity index (χ1) is 12.2. The minimum Gasteiger partial charge on any atom is -0.467 e. The maximum atomic E-state index is 12.0. The van der Waals surface area contributed by atoms with Gasteiger partial charge in [-0.25, -0.2) is 4.79 Å². The molecule has 0 spiro atoms. The number of benzene rings is 1. The Morgan fingerprint density at radius 2 is 1.72 bits per heavy atom. The number of amides is 1. The molecule has 0 aliphatic heterocycles. The molecule has 0 aliphatic carbocycles. The van der Waals surface area contributed by atoms with Gasteiger partial charge < -0.3 is 14.8 Å². The Bertz CT molecular complexity index is 490. The van der Waals surface area contributed by atoms with Crippen LogP contribution < -0.4 is 5.32 Å². The van der Waals surface area contributed by atoms with Gasteiger partial charge in [0.25, 0.3) is 0 Å². The molecule has 25 heavy (non-hydrogen) atoms. The molecule has 0 heterocycles. The summed E-state index contributed by atoms with van der Waals surface area (Å²) in [6.45, 7) is 2.48. The minimum atomic E-state index is -0.594. The summed E-state index contributed by atoms with van der Waals surface area (Å²) in [6.07, 6.45) is 7.40. The van der Waals surface area contributed by atoms with Crippen molar-refractivity contribution in [3.05, 3.63) is 35.9 Å². The standard InChI is InChI=1S/C20H31NO4/c1-3-4-5-6-7-11-14-18(20(23)24-2)21-19(22)16-25-15-17-12-9-8-10-13-17/h8-10,12-13,18H,3-7,11,14-16H2,1-2H3,(H,21,22)/t18-/m1/s1. The van der Waals surface area contributed by atoms with Crippen LogP contribution in [0.15, 0.2) is 30.3 Å². The fraction of sp³-hybridized carbons (Fsp3) is 0.600. The average Bonchev–Trinajstić information content (AvgIpc) is 2.63. The number of carbonyl (C=O) groups excluding carboxylic acids is 2. The molecule has 0 fully saturated rings. The lowest BCUT2D eigenvalue weighted by Gasteiger charge is -2.16. The fourth-order valence-electron chi connectivity index (χ4n) is 2.59. The molecule has 1 aromatic rings. The molecule has 1 N–H and O–H groups in total. The van der Waals surface area contributed by atoms with Crippen molar-refractivity contribution in [2.75, 3.05) is 13.7 Å². The van der Waals surface area contributed by atoms with Gasteiger partial charge in [0, 0.05) is 0 Å². The number of esters is 1. The minimum absolute atomic E-state index is 0.0705. The second kappa shape index (κ2) is 13.4. The quantitative estimate of drug-likeness (QED) is 0.436. The van der Waals surface area contributed by atoms with Gasteiger partial charge in [-0.1, -0.05) is 75.8 Å². The predicted molar refractivity (Wildman–Crippen MR) is 98.0 cm³/mol. The predicted octanol–water partition coefficient (Wildman–Crippen LogP) is 3.61. The molecule has 0 radical (unpaired) electrons. The number of ether oxygens (including phenoxy) is 2. The molecule has 0 aliphatic rings. The van der Waals surface area contributed by atoms with Gasteiger partial charge in [0.05, 0.1) is 13.7 Å². The maximum absolute atomic E-state index is 12.0. The lowest BCUT2D eigenvalue weighted by Crippen LogP contribution is -2.43. The van der Waals surface area contributed by atoms with E-state index in [4.69, 9.17) is 9.47 Å². The van der Waals surface area contributed by atoms with E-state index in [1.54, 1.807) is 0 Å². The molecule has 1 amide bonds. The van der Waals surface area contributed by atoms with E-state index < -0.39 is 12.0 Å². The smallest absolute Gasteiger partial charge is 0.328 e. The van der Waals surface area contributed by atoms with Gasteiger partial charge in [-0.15, -0.1) is 0 Å². The van der Waals surface area contributed by atoms with Crippen LogP contribution in [0.25, 0.3) is 0 Å². The van der Waals surface area contributed by atoms with Gasteiger partial charge in [0.1, 0.15) is 12.6 Å². The van der Waals surface area contributed by atoms with Crippen molar-refractivity contribution in [2.24, 2.45) is 0 Å². The van der Waals surface area contributed by atoms with Crippen LogP contribution >= 0.6 is 0 Å². The molecule has 1 atom stereocenters. The van der Waals surface area contributed by atoms with Crippen LogP contribution in [0, 0.1) is 0 Å². The molecule has 0 aromatic heterocycles. The first kappa shape index (κ1) is 21.2. The third-order valence-electron chi connectivity index (χ3n) is 4.01. The molecule has 1 rings (SSSR count). The average molecular weight is 349 g/mol. The zero-order chi connectivity index (χ0) is 18.3. The molecule has 0 saturated heterocycles.